The van der Waals surface area contributed by atoms with Crippen LogP contribution in [-0.4, -0.2) is 0 Å². The Morgan fingerprint density at radius 3 is 1.10 bits per heavy atom. The summed E-state index contributed by atoms with van der Waals surface area (Å²) in [4.78, 5) is 4.61. The molecule has 0 aliphatic rings. The summed E-state index contributed by atoms with van der Waals surface area (Å²) < 4.78 is 2.64. The van der Waals surface area contributed by atoms with E-state index >= 15 is 0 Å². The molecular formula is C56H38N2S. The molecule has 0 saturated heterocycles. The maximum absolute atomic E-state index is 2.39. The number of fused-ring (bicyclic) bond motifs is 8. The van der Waals surface area contributed by atoms with E-state index in [0.29, 0.717) is 0 Å². The van der Waals surface area contributed by atoms with Crippen molar-refractivity contribution >= 4 is 87.2 Å². The molecule has 2 nitrogen and oxygen atoms in total. The lowest BCUT2D eigenvalue weighted by atomic mass is 9.94. The van der Waals surface area contributed by atoms with E-state index in [1.165, 1.54) is 64.0 Å². The van der Waals surface area contributed by atoms with Gasteiger partial charge in [-0.25, -0.2) is 0 Å². The number of hydrogen-bond acceptors (Lipinski definition) is 3. The molecule has 0 fully saturated rings. The van der Waals surface area contributed by atoms with Crippen molar-refractivity contribution in [3.05, 3.63) is 231 Å². The highest BCUT2D eigenvalue weighted by Gasteiger charge is 2.17. The highest BCUT2D eigenvalue weighted by molar-refractivity contribution is 7.27. The van der Waals surface area contributed by atoms with Crippen LogP contribution in [-0.2, 0) is 0 Å². The molecule has 0 aliphatic carbocycles. The third-order valence-electron chi connectivity index (χ3n) is 11.4. The van der Waals surface area contributed by atoms with Gasteiger partial charge in [-0.1, -0.05) is 146 Å². The number of nitrogens with zero attached hydrogens (tertiary/aromatic N) is 2. The Morgan fingerprint density at radius 2 is 0.627 bits per heavy atom. The van der Waals surface area contributed by atoms with E-state index in [-0.39, 0.29) is 0 Å². The molecule has 0 N–H and O–H groups in total. The van der Waals surface area contributed by atoms with Crippen LogP contribution in [0.15, 0.2) is 231 Å². The van der Waals surface area contributed by atoms with E-state index in [2.05, 4.69) is 240 Å². The number of benzene rings is 10. The first-order chi connectivity index (χ1) is 29.3. The van der Waals surface area contributed by atoms with E-state index in [0.717, 1.165) is 34.1 Å². The first-order valence-corrected chi connectivity index (χ1v) is 20.9. The predicted molar refractivity (Wildman–Crippen MR) is 255 cm³/mol. The second-order valence-electron chi connectivity index (χ2n) is 14.9. The molecule has 1 aromatic heterocycles. The molecule has 11 aromatic rings. The van der Waals surface area contributed by atoms with Crippen molar-refractivity contribution in [3.63, 3.8) is 0 Å². The Labute approximate surface area is 348 Å². The second kappa shape index (κ2) is 14.8. The molecule has 0 aliphatic heterocycles. The number of para-hydroxylation sites is 4. The Morgan fingerprint density at radius 1 is 0.254 bits per heavy atom. The highest BCUT2D eigenvalue weighted by atomic mass is 32.1. The molecule has 0 radical (unpaired) electrons. The summed E-state index contributed by atoms with van der Waals surface area (Å²) in [5, 5.41) is 7.82. The SMILES string of the molecule is c1ccc(N(c2ccccc2)c2ccc(-c3ccc4c(c3)sc3c5ccc(-c6ccc(N(c7ccccc7)c7ccccc7)cc6)cc5c5ccccc5c43)cc2)cc1. The van der Waals surface area contributed by atoms with E-state index in [1.54, 1.807) is 0 Å². The lowest BCUT2D eigenvalue weighted by Crippen LogP contribution is -2.09. The highest BCUT2D eigenvalue weighted by Crippen LogP contribution is 2.46. The summed E-state index contributed by atoms with van der Waals surface area (Å²) in [5.74, 6) is 0. The van der Waals surface area contributed by atoms with Crippen molar-refractivity contribution in [1.29, 1.82) is 0 Å². The molecule has 0 amide bonds. The zero-order valence-corrected chi connectivity index (χ0v) is 33.1. The van der Waals surface area contributed by atoms with Crippen molar-refractivity contribution in [2.75, 3.05) is 9.80 Å². The Hall–Kier alpha value is -7.46. The Bertz CT molecular complexity index is 3150. The van der Waals surface area contributed by atoms with E-state index < -0.39 is 0 Å². The van der Waals surface area contributed by atoms with Gasteiger partial charge in [0.15, 0.2) is 0 Å². The van der Waals surface area contributed by atoms with Gasteiger partial charge in [-0.3, -0.25) is 0 Å². The summed E-state index contributed by atoms with van der Waals surface area (Å²) in [6.07, 6.45) is 0. The van der Waals surface area contributed by atoms with Gasteiger partial charge in [0.1, 0.15) is 0 Å². The maximum atomic E-state index is 2.39. The van der Waals surface area contributed by atoms with Crippen molar-refractivity contribution in [3.8, 4) is 22.3 Å². The average Bonchev–Trinajstić information content (AvgIpc) is 3.71. The predicted octanol–water partition coefficient (Wildman–Crippen LogP) is 16.6. The van der Waals surface area contributed by atoms with Gasteiger partial charge in [-0.15, -0.1) is 11.3 Å². The standard InChI is InChI=1S/C56H38N2S/c1-5-15-43(16-6-1)57(44-17-7-2-8-18-44)47-31-25-39(26-32-47)41-29-35-51-53(37-41)49-23-13-14-24-50(49)55-52-36-30-42(38-54(52)59-56(51)55)40-27-33-48(34-28-40)58(45-19-9-3-10-20-45)46-21-11-4-12-22-46/h1-38H. The third kappa shape index (κ3) is 6.29. The van der Waals surface area contributed by atoms with Crippen molar-refractivity contribution in [2.24, 2.45) is 0 Å². The molecule has 59 heavy (non-hydrogen) atoms. The molecule has 10 aromatic carbocycles. The number of thiophene rings is 1. The molecule has 0 bridgehead atoms. The first-order valence-electron chi connectivity index (χ1n) is 20.1. The van der Waals surface area contributed by atoms with Crippen molar-refractivity contribution < 1.29 is 0 Å². The minimum absolute atomic E-state index is 1.13. The fourth-order valence-corrected chi connectivity index (χ4v) is 9.92. The van der Waals surface area contributed by atoms with Gasteiger partial charge in [0, 0.05) is 59.7 Å². The fourth-order valence-electron chi connectivity index (χ4n) is 8.62. The topological polar surface area (TPSA) is 6.48 Å². The van der Waals surface area contributed by atoms with Crippen LogP contribution in [0, 0.1) is 0 Å². The summed E-state index contributed by atoms with van der Waals surface area (Å²) in [7, 11) is 0. The van der Waals surface area contributed by atoms with Crippen LogP contribution in [0.1, 0.15) is 0 Å². The minimum Gasteiger partial charge on any atom is -0.311 e. The van der Waals surface area contributed by atoms with Gasteiger partial charge >= 0.3 is 0 Å². The van der Waals surface area contributed by atoms with Crippen LogP contribution < -0.4 is 9.80 Å². The molecule has 3 heteroatoms. The van der Waals surface area contributed by atoms with Crippen LogP contribution in [0.4, 0.5) is 34.1 Å². The minimum atomic E-state index is 1.13. The monoisotopic (exact) mass is 770 g/mol. The van der Waals surface area contributed by atoms with E-state index in [9.17, 15) is 0 Å². The average molecular weight is 771 g/mol. The van der Waals surface area contributed by atoms with Gasteiger partial charge in [0.2, 0.25) is 0 Å². The molecule has 0 spiro atoms. The van der Waals surface area contributed by atoms with Crippen LogP contribution in [0.25, 0.3) is 64.0 Å². The van der Waals surface area contributed by atoms with Gasteiger partial charge in [-0.2, -0.15) is 0 Å². The van der Waals surface area contributed by atoms with Gasteiger partial charge in [0.05, 0.1) is 0 Å². The lowest BCUT2D eigenvalue weighted by molar-refractivity contribution is 1.28. The van der Waals surface area contributed by atoms with Crippen molar-refractivity contribution in [1.82, 2.24) is 0 Å². The molecule has 278 valence electrons. The largest absolute Gasteiger partial charge is 0.311 e. The van der Waals surface area contributed by atoms with E-state index in [4.69, 9.17) is 0 Å². The number of rotatable bonds is 8. The summed E-state index contributed by atoms with van der Waals surface area (Å²) in [6, 6.07) is 83.2. The van der Waals surface area contributed by atoms with Gasteiger partial charge in [-0.05, 0) is 123 Å². The van der Waals surface area contributed by atoms with Crippen molar-refractivity contribution in [2.45, 2.75) is 0 Å². The Balaban J connectivity index is 0.966. The second-order valence-corrected chi connectivity index (χ2v) is 16.0. The van der Waals surface area contributed by atoms with Crippen LogP contribution >= 0.6 is 11.3 Å². The first kappa shape index (κ1) is 34.8. The normalized spacial score (nSPS) is 11.4. The van der Waals surface area contributed by atoms with E-state index in [1.807, 2.05) is 11.3 Å². The summed E-state index contributed by atoms with van der Waals surface area (Å²) in [5.41, 5.74) is 11.6. The van der Waals surface area contributed by atoms with Crippen LogP contribution in [0.5, 0.6) is 0 Å². The quantitative estimate of drug-likeness (QED) is 0.142. The number of hydrogen-bond donors (Lipinski definition) is 0. The molecule has 0 saturated carbocycles. The van der Waals surface area contributed by atoms with Crippen LogP contribution in [0.3, 0.4) is 0 Å². The zero-order valence-electron chi connectivity index (χ0n) is 32.2. The smallest absolute Gasteiger partial charge is 0.0462 e. The molecule has 0 unspecified atom stereocenters. The maximum Gasteiger partial charge on any atom is 0.0462 e. The molecular weight excluding hydrogens is 733 g/mol. The van der Waals surface area contributed by atoms with Crippen LogP contribution in [0.2, 0.25) is 0 Å². The fraction of sp³-hybridized carbons (Fsp3) is 0. The summed E-state index contributed by atoms with van der Waals surface area (Å²) >= 11 is 1.91. The molecule has 1 heterocycles. The number of anilines is 6. The van der Waals surface area contributed by atoms with Gasteiger partial charge < -0.3 is 9.80 Å². The van der Waals surface area contributed by atoms with Gasteiger partial charge in [0.25, 0.3) is 0 Å². The lowest BCUT2D eigenvalue weighted by Gasteiger charge is -2.25. The molecule has 11 rings (SSSR count). The summed E-state index contributed by atoms with van der Waals surface area (Å²) in [6.45, 7) is 0. The Kier molecular flexibility index (Phi) is 8.72. The molecule has 0 atom stereocenters. The zero-order chi connectivity index (χ0) is 39.1. The third-order valence-corrected chi connectivity index (χ3v) is 12.6.